The van der Waals surface area contributed by atoms with Crippen molar-refractivity contribution in [3.63, 3.8) is 0 Å². The Labute approximate surface area is 98.0 Å². The summed E-state index contributed by atoms with van der Waals surface area (Å²) >= 11 is 0. The summed E-state index contributed by atoms with van der Waals surface area (Å²) in [5.41, 5.74) is 5.26. The monoisotopic (exact) mass is 233 g/mol. The molecule has 0 fully saturated rings. The van der Waals surface area contributed by atoms with Gasteiger partial charge in [-0.3, -0.25) is 14.9 Å². The maximum atomic E-state index is 10.9. The number of nitrogens with two attached hydrogens (primary N) is 1. The summed E-state index contributed by atoms with van der Waals surface area (Å²) < 4.78 is 0. The van der Waals surface area contributed by atoms with Gasteiger partial charge in [0.2, 0.25) is 5.91 Å². The summed E-state index contributed by atoms with van der Waals surface area (Å²) in [5, 5.41) is 13.6. The van der Waals surface area contributed by atoms with E-state index in [1.165, 1.54) is 12.1 Å². The van der Waals surface area contributed by atoms with E-state index >= 15 is 0 Å². The molecule has 0 aliphatic heterocycles. The van der Waals surface area contributed by atoms with Crippen molar-refractivity contribution >= 4 is 17.3 Å². The molecule has 0 spiro atoms. The Kier molecular flexibility index (Phi) is 4.06. The van der Waals surface area contributed by atoms with E-state index in [2.05, 4.69) is 17.2 Å². The van der Waals surface area contributed by atoms with Gasteiger partial charge in [-0.15, -0.1) is 5.92 Å². The van der Waals surface area contributed by atoms with Gasteiger partial charge in [-0.2, -0.15) is 0 Å². The molecule has 6 heteroatoms. The molecule has 1 amide bonds. The third-order valence-electron chi connectivity index (χ3n) is 2.02. The average Bonchev–Trinajstić information content (AvgIpc) is 2.29. The molecule has 17 heavy (non-hydrogen) atoms. The van der Waals surface area contributed by atoms with Crippen LogP contribution in [-0.4, -0.2) is 17.4 Å². The smallest absolute Gasteiger partial charge is 0.293 e. The summed E-state index contributed by atoms with van der Waals surface area (Å²) in [5.74, 6) is 4.68. The minimum Gasteiger partial charge on any atom is -0.369 e. The van der Waals surface area contributed by atoms with E-state index < -0.39 is 10.8 Å². The highest BCUT2D eigenvalue weighted by Gasteiger charge is 2.15. The summed E-state index contributed by atoms with van der Waals surface area (Å²) in [7, 11) is 0. The van der Waals surface area contributed by atoms with Crippen LogP contribution < -0.4 is 11.1 Å². The van der Waals surface area contributed by atoms with Crippen LogP contribution in [0.1, 0.15) is 17.3 Å². The number of nitrogens with zero attached hydrogens (tertiary/aromatic N) is 1. The highest BCUT2D eigenvalue weighted by molar-refractivity contribution is 5.94. The zero-order valence-corrected chi connectivity index (χ0v) is 9.19. The molecule has 0 saturated heterocycles. The Morgan fingerprint density at radius 2 is 2.29 bits per heavy atom. The number of carbonyl (C=O) groups excluding carboxylic acids is 1. The lowest BCUT2D eigenvalue weighted by atomic mass is 10.1. The standard InChI is InChI=1S/C11H11N3O3/c1-2-3-6-13-9-5-4-8(11(12)15)7-10(9)14(16)17/h4-5,7,13H,6H2,1H3,(H2,12,15). The first-order chi connectivity index (χ1) is 8.06. The lowest BCUT2D eigenvalue weighted by Gasteiger charge is -2.04. The number of rotatable bonds is 4. The third kappa shape index (κ3) is 3.21. The Bertz CT molecular complexity index is 514. The van der Waals surface area contributed by atoms with Crippen LogP contribution in [0.3, 0.4) is 0 Å². The minimum absolute atomic E-state index is 0.101. The Morgan fingerprint density at radius 3 is 2.82 bits per heavy atom. The van der Waals surface area contributed by atoms with Gasteiger partial charge in [0.15, 0.2) is 0 Å². The van der Waals surface area contributed by atoms with Gasteiger partial charge in [0.25, 0.3) is 5.69 Å². The molecular weight excluding hydrogens is 222 g/mol. The number of amides is 1. The maximum Gasteiger partial charge on any atom is 0.293 e. The molecule has 1 rings (SSSR count). The van der Waals surface area contributed by atoms with Gasteiger partial charge < -0.3 is 11.1 Å². The molecule has 88 valence electrons. The number of benzene rings is 1. The largest absolute Gasteiger partial charge is 0.369 e. The van der Waals surface area contributed by atoms with Crippen molar-refractivity contribution in [3.05, 3.63) is 33.9 Å². The molecule has 0 atom stereocenters. The van der Waals surface area contributed by atoms with Gasteiger partial charge in [-0.05, 0) is 19.1 Å². The van der Waals surface area contributed by atoms with E-state index in [9.17, 15) is 14.9 Å². The predicted molar refractivity (Wildman–Crippen MR) is 63.6 cm³/mol. The number of hydrogen-bond acceptors (Lipinski definition) is 4. The van der Waals surface area contributed by atoms with E-state index in [0.29, 0.717) is 12.2 Å². The molecule has 1 aromatic carbocycles. The first-order valence-electron chi connectivity index (χ1n) is 4.78. The molecule has 0 bridgehead atoms. The molecule has 0 saturated carbocycles. The first kappa shape index (κ1) is 12.5. The zero-order chi connectivity index (χ0) is 12.8. The summed E-state index contributed by atoms with van der Waals surface area (Å²) in [6, 6.07) is 4.01. The summed E-state index contributed by atoms with van der Waals surface area (Å²) in [4.78, 5) is 21.1. The molecule has 1 aromatic rings. The number of nitro groups is 1. The van der Waals surface area contributed by atoms with Crippen LogP contribution in [0.4, 0.5) is 11.4 Å². The average molecular weight is 233 g/mol. The topological polar surface area (TPSA) is 98.3 Å². The lowest BCUT2D eigenvalue weighted by molar-refractivity contribution is -0.384. The fourth-order valence-electron chi connectivity index (χ4n) is 1.21. The van der Waals surface area contributed by atoms with Gasteiger partial charge in [0.05, 0.1) is 11.5 Å². The molecule has 3 N–H and O–H groups in total. The second-order valence-electron chi connectivity index (χ2n) is 3.13. The van der Waals surface area contributed by atoms with E-state index in [4.69, 9.17) is 5.73 Å². The fraction of sp³-hybridized carbons (Fsp3) is 0.182. The molecule has 0 radical (unpaired) electrons. The van der Waals surface area contributed by atoms with Crippen LogP contribution >= 0.6 is 0 Å². The number of nitro benzene ring substituents is 1. The summed E-state index contributed by atoms with van der Waals surface area (Å²) in [6.07, 6.45) is 0. The lowest BCUT2D eigenvalue weighted by Crippen LogP contribution is -2.12. The maximum absolute atomic E-state index is 10.9. The second-order valence-corrected chi connectivity index (χ2v) is 3.13. The van der Waals surface area contributed by atoms with Crippen molar-refractivity contribution in [1.29, 1.82) is 0 Å². The van der Waals surface area contributed by atoms with E-state index in [-0.39, 0.29) is 11.3 Å². The molecular formula is C11H11N3O3. The highest BCUT2D eigenvalue weighted by Crippen LogP contribution is 2.25. The number of hydrogen-bond donors (Lipinski definition) is 2. The van der Waals surface area contributed by atoms with Gasteiger partial charge in [-0.25, -0.2) is 0 Å². The van der Waals surface area contributed by atoms with Crippen molar-refractivity contribution in [2.45, 2.75) is 6.92 Å². The van der Waals surface area contributed by atoms with Crippen LogP contribution in [0, 0.1) is 22.0 Å². The van der Waals surface area contributed by atoms with E-state index in [1.54, 1.807) is 6.92 Å². The Balaban J connectivity index is 3.07. The van der Waals surface area contributed by atoms with E-state index in [0.717, 1.165) is 6.07 Å². The van der Waals surface area contributed by atoms with Crippen molar-refractivity contribution in [3.8, 4) is 11.8 Å². The SMILES string of the molecule is CC#CCNc1ccc(C(N)=O)cc1[N+](=O)[O-]. The number of nitrogens with one attached hydrogen (secondary N) is 1. The number of primary amides is 1. The summed E-state index contributed by atoms with van der Waals surface area (Å²) in [6.45, 7) is 1.97. The van der Waals surface area contributed by atoms with Crippen molar-refractivity contribution in [2.24, 2.45) is 5.73 Å². The first-order valence-corrected chi connectivity index (χ1v) is 4.78. The van der Waals surface area contributed by atoms with E-state index in [1.807, 2.05) is 0 Å². The van der Waals surface area contributed by atoms with Gasteiger partial charge in [-0.1, -0.05) is 5.92 Å². The third-order valence-corrected chi connectivity index (χ3v) is 2.02. The quantitative estimate of drug-likeness (QED) is 0.462. The molecule has 0 heterocycles. The molecule has 0 aliphatic carbocycles. The van der Waals surface area contributed by atoms with Gasteiger partial charge in [0.1, 0.15) is 5.69 Å². The zero-order valence-electron chi connectivity index (χ0n) is 9.19. The molecule has 6 nitrogen and oxygen atoms in total. The molecule has 0 aliphatic rings. The molecule has 0 aromatic heterocycles. The highest BCUT2D eigenvalue weighted by atomic mass is 16.6. The second kappa shape index (κ2) is 5.51. The van der Waals surface area contributed by atoms with Crippen molar-refractivity contribution < 1.29 is 9.72 Å². The van der Waals surface area contributed by atoms with Gasteiger partial charge >= 0.3 is 0 Å². The number of carbonyl (C=O) groups is 1. The van der Waals surface area contributed by atoms with Crippen molar-refractivity contribution in [2.75, 3.05) is 11.9 Å². The Hall–Kier alpha value is -2.55. The normalized spacial score (nSPS) is 9.00. The van der Waals surface area contributed by atoms with Gasteiger partial charge in [0, 0.05) is 11.6 Å². The molecule has 0 unspecified atom stereocenters. The van der Waals surface area contributed by atoms with Crippen LogP contribution in [-0.2, 0) is 0 Å². The van der Waals surface area contributed by atoms with Crippen LogP contribution in [0.2, 0.25) is 0 Å². The Morgan fingerprint density at radius 1 is 1.59 bits per heavy atom. The fourth-order valence-corrected chi connectivity index (χ4v) is 1.21. The van der Waals surface area contributed by atoms with Crippen molar-refractivity contribution in [1.82, 2.24) is 0 Å². The van der Waals surface area contributed by atoms with Crippen LogP contribution in [0.25, 0.3) is 0 Å². The number of anilines is 1. The van der Waals surface area contributed by atoms with Crippen LogP contribution in [0.15, 0.2) is 18.2 Å². The van der Waals surface area contributed by atoms with Crippen LogP contribution in [0.5, 0.6) is 0 Å². The predicted octanol–water partition coefficient (Wildman–Crippen LogP) is 1.13. The minimum atomic E-state index is -0.701.